The largest absolute Gasteiger partial charge is 0.309 e. The minimum absolute atomic E-state index is 1.16. The van der Waals surface area contributed by atoms with Gasteiger partial charge < -0.3 is 9.13 Å². The molecule has 0 saturated carbocycles. The molecule has 0 fully saturated rings. The third-order valence-corrected chi connectivity index (χ3v) is 16.7. The first-order valence-electron chi connectivity index (χ1n) is 19.7. The molecule has 9 aromatic carbocycles. The Balaban J connectivity index is 1.09. The van der Waals surface area contributed by atoms with E-state index in [9.17, 15) is 0 Å². The topological polar surface area (TPSA) is 9.86 Å². The molecular formula is C54H38N2Si. The minimum Gasteiger partial charge on any atom is -0.309 e. The van der Waals surface area contributed by atoms with Crippen LogP contribution in [0.4, 0.5) is 0 Å². The van der Waals surface area contributed by atoms with Crippen LogP contribution in [-0.2, 0) is 0 Å². The third kappa shape index (κ3) is 5.17. The van der Waals surface area contributed by atoms with Gasteiger partial charge in [0.25, 0.3) is 0 Å². The number of aromatic nitrogens is 2. The SMILES string of the molecule is c1ccc([Si](c2ccccc2)(c2ccccc2)c2ccc(-c3ccccc3-n3c4ccccc4c4cc(-n5c6ccccc6c6ccccc65)ccc43)cc2)cc1. The molecule has 0 radical (unpaired) electrons. The van der Waals surface area contributed by atoms with Crippen molar-refractivity contribution < 1.29 is 0 Å². The molecule has 0 bridgehead atoms. The maximum Gasteiger partial charge on any atom is 0.179 e. The Kier molecular flexibility index (Phi) is 7.87. The number of fused-ring (bicyclic) bond motifs is 6. The Labute approximate surface area is 333 Å². The Morgan fingerprint density at radius 3 is 1.23 bits per heavy atom. The Hall–Kier alpha value is -7.20. The molecule has 3 heteroatoms. The molecule has 2 heterocycles. The van der Waals surface area contributed by atoms with Crippen LogP contribution in [0.5, 0.6) is 0 Å². The molecule has 268 valence electrons. The molecule has 57 heavy (non-hydrogen) atoms. The predicted molar refractivity (Wildman–Crippen MR) is 244 cm³/mol. The van der Waals surface area contributed by atoms with E-state index in [0.717, 1.165) is 5.69 Å². The number of para-hydroxylation sites is 4. The summed E-state index contributed by atoms with van der Waals surface area (Å²) in [6.45, 7) is 0. The second kappa shape index (κ2) is 13.5. The molecule has 2 aromatic heterocycles. The second-order valence-corrected chi connectivity index (χ2v) is 18.7. The number of hydrogen-bond donors (Lipinski definition) is 0. The zero-order chi connectivity index (χ0) is 37.8. The molecule has 0 amide bonds. The van der Waals surface area contributed by atoms with Gasteiger partial charge >= 0.3 is 0 Å². The zero-order valence-electron chi connectivity index (χ0n) is 31.3. The van der Waals surface area contributed by atoms with Crippen LogP contribution in [0, 0.1) is 0 Å². The molecule has 0 N–H and O–H groups in total. The molecule has 0 aliphatic rings. The van der Waals surface area contributed by atoms with E-state index in [1.807, 2.05) is 0 Å². The van der Waals surface area contributed by atoms with Crippen molar-refractivity contribution in [1.29, 1.82) is 0 Å². The quantitative estimate of drug-likeness (QED) is 0.114. The fourth-order valence-corrected chi connectivity index (χ4v) is 14.2. The van der Waals surface area contributed by atoms with E-state index >= 15 is 0 Å². The fourth-order valence-electron chi connectivity index (χ4n) is 9.44. The maximum absolute atomic E-state index is 2.63. The molecule has 2 nitrogen and oxygen atoms in total. The van der Waals surface area contributed by atoms with Gasteiger partial charge in [-0.05, 0) is 68.8 Å². The highest BCUT2D eigenvalue weighted by atomic mass is 28.3. The molecule has 11 aromatic rings. The van der Waals surface area contributed by atoms with Gasteiger partial charge in [0.05, 0.1) is 27.8 Å². The molecule has 0 atom stereocenters. The molecule has 0 aliphatic heterocycles. The van der Waals surface area contributed by atoms with Gasteiger partial charge in [-0.25, -0.2) is 0 Å². The lowest BCUT2D eigenvalue weighted by atomic mass is 10.0. The van der Waals surface area contributed by atoms with E-state index in [1.54, 1.807) is 0 Å². The third-order valence-electron chi connectivity index (χ3n) is 11.9. The molecule has 11 rings (SSSR count). The van der Waals surface area contributed by atoms with E-state index in [2.05, 4.69) is 240 Å². The highest BCUT2D eigenvalue weighted by molar-refractivity contribution is 7.19. The summed E-state index contributed by atoms with van der Waals surface area (Å²) in [5.41, 5.74) is 9.54. The Morgan fingerprint density at radius 1 is 0.281 bits per heavy atom. The van der Waals surface area contributed by atoms with Crippen molar-refractivity contribution in [2.75, 3.05) is 0 Å². The Morgan fingerprint density at radius 2 is 0.684 bits per heavy atom. The fraction of sp³-hybridized carbons (Fsp3) is 0. The summed E-state index contributed by atoms with van der Waals surface area (Å²) in [5.74, 6) is 0. The van der Waals surface area contributed by atoms with E-state index in [1.165, 1.54) is 81.2 Å². The van der Waals surface area contributed by atoms with Crippen molar-refractivity contribution in [3.63, 3.8) is 0 Å². The van der Waals surface area contributed by atoms with Crippen molar-refractivity contribution in [1.82, 2.24) is 9.13 Å². The Bertz CT molecular complexity index is 3070. The summed E-state index contributed by atoms with van der Waals surface area (Å²) >= 11 is 0. The lowest BCUT2D eigenvalue weighted by Crippen LogP contribution is -2.74. The molecule has 0 unspecified atom stereocenters. The van der Waals surface area contributed by atoms with Crippen molar-refractivity contribution >= 4 is 72.4 Å². The summed E-state index contributed by atoms with van der Waals surface area (Å²) in [5, 5.41) is 10.5. The van der Waals surface area contributed by atoms with E-state index < -0.39 is 8.07 Å². The lowest BCUT2D eigenvalue weighted by molar-refractivity contribution is 1.17. The highest BCUT2D eigenvalue weighted by Crippen LogP contribution is 2.39. The lowest BCUT2D eigenvalue weighted by Gasteiger charge is -2.34. The predicted octanol–water partition coefficient (Wildman–Crippen LogP) is 10.9. The van der Waals surface area contributed by atoms with Gasteiger partial charge in [0.2, 0.25) is 0 Å². The highest BCUT2D eigenvalue weighted by Gasteiger charge is 2.41. The first-order chi connectivity index (χ1) is 28.3. The number of nitrogens with zero attached hydrogens (tertiary/aromatic N) is 2. The average Bonchev–Trinajstić information content (AvgIpc) is 3.81. The number of benzene rings is 9. The van der Waals surface area contributed by atoms with Crippen LogP contribution in [0.1, 0.15) is 0 Å². The van der Waals surface area contributed by atoms with Gasteiger partial charge in [-0.3, -0.25) is 0 Å². The summed E-state index contributed by atoms with van der Waals surface area (Å²) in [6, 6.07) is 85.1. The standard InChI is InChI=1S/C54H38N2Si/c1-4-18-41(19-5-1)57(42-20-6-2-7-21-42,43-22-8-3-9-23-43)44-35-32-39(33-36-44)45-24-10-14-28-50(45)56-53-31-17-13-27-48(53)49-38-40(34-37-54(49)56)55-51-29-15-11-25-46(51)47-26-12-16-30-52(47)55/h1-38H. The van der Waals surface area contributed by atoms with Gasteiger partial charge in [-0.15, -0.1) is 0 Å². The van der Waals surface area contributed by atoms with Gasteiger partial charge in [0, 0.05) is 32.8 Å². The number of rotatable bonds is 7. The van der Waals surface area contributed by atoms with Gasteiger partial charge in [0.1, 0.15) is 0 Å². The summed E-state index contributed by atoms with van der Waals surface area (Å²) < 4.78 is 4.87. The number of hydrogen-bond acceptors (Lipinski definition) is 0. The van der Waals surface area contributed by atoms with Crippen LogP contribution < -0.4 is 20.7 Å². The first-order valence-corrected chi connectivity index (χ1v) is 21.7. The van der Waals surface area contributed by atoms with Crippen LogP contribution in [0.3, 0.4) is 0 Å². The molecule has 0 spiro atoms. The van der Waals surface area contributed by atoms with Crippen LogP contribution in [0.25, 0.3) is 66.1 Å². The molecule has 0 saturated heterocycles. The minimum atomic E-state index is -2.63. The first kappa shape index (κ1) is 33.2. The monoisotopic (exact) mass is 742 g/mol. The average molecular weight is 743 g/mol. The van der Waals surface area contributed by atoms with Gasteiger partial charge in [-0.1, -0.05) is 188 Å². The summed E-state index contributed by atoms with van der Waals surface area (Å²) in [4.78, 5) is 0. The van der Waals surface area contributed by atoms with E-state index in [-0.39, 0.29) is 0 Å². The van der Waals surface area contributed by atoms with Crippen LogP contribution in [-0.4, -0.2) is 17.2 Å². The second-order valence-electron chi connectivity index (χ2n) is 14.9. The van der Waals surface area contributed by atoms with E-state index in [4.69, 9.17) is 0 Å². The van der Waals surface area contributed by atoms with Crippen molar-refractivity contribution in [2.24, 2.45) is 0 Å². The van der Waals surface area contributed by atoms with Crippen molar-refractivity contribution in [2.45, 2.75) is 0 Å². The zero-order valence-corrected chi connectivity index (χ0v) is 32.3. The molecule has 0 aliphatic carbocycles. The van der Waals surface area contributed by atoms with Crippen LogP contribution >= 0.6 is 0 Å². The van der Waals surface area contributed by atoms with Crippen molar-refractivity contribution in [3.05, 3.63) is 231 Å². The maximum atomic E-state index is 2.46. The van der Waals surface area contributed by atoms with E-state index in [0.29, 0.717) is 0 Å². The van der Waals surface area contributed by atoms with Gasteiger partial charge in [0.15, 0.2) is 8.07 Å². The van der Waals surface area contributed by atoms with Gasteiger partial charge in [-0.2, -0.15) is 0 Å². The summed E-state index contributed by atoms with van der Waals surface area (Å²) in [7, 11) is -2.63. The normalized spacial score (nSPS) is 11.9. The smallest absolute Gasteiger partial charge is 0.179 e. The summed E-state index contributed by atoms with van der Waals surface area (Å²) in [6.07, 6.45) is 0. The molecular weight excluding hydrogens is 705 g/mol. The van der Waals surface area contributed by atoms with Crippen LogP contribution in [0.15, 0.2) is 231 Å². The van der Waals surface area contributed by atoms with Crippen LogP contribution in [0.2, 0.25) is 0 Å². The van der Waals surface area contributed by atoms with Crippen molar-refractivity contribution in [3.8, 4) is 22.5 Å².